The van der Waals surface area contributed by atoms with Crippen LogP contribution in [0.25, 0.3) is 11.1 Å². The van der Waals surface area contributed by atoms with E-state index in [4.69, 9.17) is 0 Å². The number of urea groups is 1. The fraction of sp³-hybridized carbons (Fsp3) is 0.350. The number of carbonyl (C=O) groups excluding carboxylic acids is 1. The van der Waals surface area contributed by atoms with Gasteiger partial charge in [0.2, 0.25) is 0 Å². The number of amides is 2. The van der Waals surface area contributed by atoms with Gasteiger partial charge in [-0.1, -0.05) is 36.4 Å². The van der Waals surface area contributed by atoms with Gasteiger partial charge in [-0.15, -0.1) is 12.4 Å². The average Bonchev–Trinajstić information content (AvgIpc) is 3.19. The van der Waals surface area contributed by atoms with Crippen molar-refractivity contribution in [1.82, 2.24) is 10.2 Å². The summed E-state index contributed by atoms with van der Waals surface area (Å²) < 4.78 is 0. The first kappa shape index (κ1) is 17.8. The summed E-state index contributed by atoms with van der Waals surface area (Å²) >= 11 is 0. The number of anilines is 1. The highest BCUT2D eigenvalue weighted by molar-refractivity contribution is 5.90. The third-order valence-corrected chi connectivity index (χ3v) is 5.30. The van der Waals surface area contributed by atoms with Crippen LogP contribution >= 0.6 is 12.4 Å². The number of hydrogen-bond acceptors (Lipinski definition) is 2. The predicted molar refractivity (Wildman–Crippen MR) is 104 cm³/mol. The van der Waals surface area contributed by atoms with Crippen LogP contribution in [0.4, 0.5) is 10.5 Å². The molecule has 2 aliphatic rings. The minimum Gasteiger partial charge on any atom is -0.320 e. The molecule has 2 aromatic rings. The number of hydrogen-bond donors (Lipinski definition) is 2. The Kier molecular flexibility index (Phi) is 5.30. The van der Waals surface area contributed by atoms with Crippen LogP contribution < -0.4 is 10.6 Å². The monoisotopic (exact) mass is 357 g/mol. The average molecular weight is 358 g/mol. The second-order valence-electron chi connectivity index (χ2n) is 6.79. The second kappa shape index (κ2) is 7.46. The van der Waals surface area contributed by atoms with E-state index in [1.807, 2.05) is 17.0 Å². The molecule has 2 aliphatic heterocycles. The first-order chi connectivity index (χ1) is 11.7. The Morgan fingerprint density at radius 2 is 1.88 bits per heavy atom. The third kappa shape index (κ3) is 3.51. The van der Waals surface area contributed by atoms with Crippen molar-refractivity contribution < 1.29 is 4.79 Å². The number of likely N-dealkylation sites (tertiary alicyclic amines) is 1. The summed E-state index contributed by atoms with van der Waals surface area (Å²) in [5.41, 5.74) is 4.51. The van der Waals surface area contributed by atoms with Crippen LogP contribution in [0.1, 0.15) is 12.0 Å². The summed E-state index contributed by atoms with van der Waals surface area (Å²) in [7, 11) is 0. The highest BCUT2D eigenvalue weighted by Crippen LogP contribution is 2.28. The van der Waals surface area contributed by atoms with Crippen molar-refractivity contribution in [2.45, 2.75) is 19.4 Å². The van der Waals surface area contributed by atoms with Crippen molar-refractivity contribution >= 4 is 24.1 Å². The molecule has 0 aromatic heterocycles. The minimum absolute atomic E-state index is 0. The van der Waals surface area contributed by atoms with Crippen molar-refractivity contribution in [2.24, 2.45) is 5.92 Å². The van der Waals surface area contributed by atoms with Gasteiger partial charge in [-0.25, -0.2) is 4.79 Å². The van der Waals surface area contributed by atoms with Gasteiger partial charge in [0.25, 0.3) is 0 Å². The van der Waals surface area contributed by atoms with E-state index in [9.17, 15) is 4.79 Å². The van der Waals surface area contributed by atoms with Crippen molar-refractivity contribution in [2.75, 3.05) is 25.0 Å². The Balaban J connectivity index is 0.00000182. The third-order valence-electron chi connectivity index (χ3n) is 5.30. The lowest BCUT2D eigenvalue weighted by Crippen LogP contribution is -2.41. The van der Waals surface area contributed by atoms with Crippen LogP contribution in [0, 0.1) is 12.8 Å². The van der Waals surface area contributed by atoms with Gasteiger partial charge in [-0.3, -0.25) is 0 Å². The molecule has 0 saturated carbocycles. The molecule has 132 valence electrons. The van der Waals surface area contributed by atoms with Gasteiger partial charge in [0.1, 0.15) is 0 Å². The SMILES string of the molecule is Cc1ccccc1-c1ccc(NC(=O)N2CC[C@H]3CNC[C@H]32)cc1.Cl. The number of nitrogens with zero attached hydrogens (tertiary/aromatic N) is 1. The number of rotatable bonds is 2. The maximum Gasteiger partial charge on any atom is 0.322 e. The molecule has 0 spiro atoms. The molecule has 0 bridgehead atoms. The van der Waals surface area contributed by atoms with E-state index in [-0.39, 0.29) is 18.4 Å². The summed E-state index contributed by atoms with van der Waals surface area (Å²) in [5, 5.41) is 6.43. The minimum atomic E-state index is 0. The van der Waals surface area contributed by atoms with Gasteiger partial charge in [0, 0.05) is 31.4 Å². The lowest BCUT2D eigenvalue weighted by molar-refractivity contribution is 0.206. The van der Waals surface area contributed by atoms with E-state index < -0.39 is 0 Å². The Hall–Kier alpha value is -2.04. The van der Waals surface area contributed by atoms with Crippen LogP contribution in [0.2, 0.25) is 0 Å². The fourth-order valence-electron chi connectivity index (χ4n) is 3.93. The molecule has 2 heterocycles. The van der Waals surface area contributed by atoms with Crippen LogP contribution in [0.5, 0.6) is 0 Å². The summed E-state index contributed by atoms with van der Waals surface area (Å²) in [6.45, 7) is 4.94. The molecule has 2 saturated heterocycles. The highest BCUT2D eigenvalue weighted by Gasteiger charge is 2.39. The van der Waals surface area contributed by atoms with E-state index in [0.29, 0.717) is 12.0 Å². The van der Waals surface area contributed by atoms with Crippen LogP contribution in [-0.2, 0) is 0 Å². The van der Waals surface area contributed by atoms with Crippen molar-refractivity contribution in [3.05, 3.63) is 54.1 Å². The predicted octanol–water partition coefficient (Wildman–Crippen LogP) is 3.91. The number of benzene rings is 2. The number of nitrogens with one attached hydrogen (secondary N) is 2. The van der Waals surface area contributed by atoms with Crippen molar-refractivity contribution in [1.29, 1.82) is 0 Å². The van der Waals surface area contributed by atoms with Crippen molar-refractivity contribution in [3.63, 3.8) is 0 Å². The smallest absolute Gasteiger partial charge is 0.320 e. The maximum absolute atomic E-state index is 12.6. The molecule has 0 radical (unpaired) electrons. The molecule has 25 heavy (non-hydrogen) atoms. The first-order valence-electron chi connectivity index (χ1n) is 8.67. The number of aryl methyl sites for hydroxylation is 1. The molecule has 0 aliphatic carbocycles. The quantitative estimate of drug-likeness (QED) is 0.855. The van der Waals surface area contributed by atoms with E-state index in [1.165, 1.54) is 16.7 Å². The molecule has 5 heteroatoms. The normalized spacial score (nSPS) is 21.6. The molecule has 2 fully saturated rings. The van der Waals surface area contributed by atoms with E-state index >= 15 is 0 Å². The number of carbonyl (C=O) groups is 1. The largest absolute Gasteiger partial charge is 0.322 e. The van der Waals surface area contributed by atoms with Crippen LogP contribution in [0.3, 0.4) is 0 Å². The van der Waals surface area contributed by atoms with Gasteiger partial charge in [-0.2, -0.15) is 0 Å². The van der Waals surface area contributed by atoms with Gasteiger partial charge < -0.3 is 15.5 Å². The lowest BCUT2D eigenvalue weighted by atomic mass is 10.0. The Labute approximate surface area is 155 Å². The van der Waals surface area contributed by atoms with Gasteiger partial charge in [0.05, 0.1) is 0 Å². The van der Waals surface area contributed by atoms with E-state index in [0.717, 1.165) is 31.7 Å². The van der Waals surface area contributed by atoms with Gasteiger partial charge >= 0.3 is 6.03 Å². The Bertz CT molecular complexity index is 747. The molecule has 0 unspecified atom stereocenters. The molecule has 2 N–H and O–H groups in total. The Morgan fingerprint density at radius 1 is 1.12 bits per heavy atom. The van der Waals surface area contributed by atoms with Crippen LogP contribution in [-0.4, -0.2) is 36.6 Å². The lowest BCUT2D eigenvalue weighted by Gasteiger charge is -2.23. The topological polar surface area (TPSA) is 44.4 Å². The second-order valence-corrected chi connectivity index (χ2v) is 6.79. The molecule has 4 rings (SSSR count). The zero-order valence-corrected chi connectivity index (χ0v) is 15.2. The van der Waals surface area contributed by atoms with Gasteiger partial charge in [-0.05, 0) is 48.1 Å². The summed E-state index contributed by atoms with van der Waals surface area (Å²) in [6, 6.07) is 16.8. The molecule has 4 nitrogen and oxygen atoms in total. The molecular formula is C20H24ClN3O. The van der Waals surface area contributed by atoms with Gasteiger partial charge in [0.15, 0.2) is 0 Å². The summed E-state index contributed by atoms with van der Waals surface area (Å²) in [4.78, 5) is 14.5. The summed E-state index contributed by atoms with van der Waals surface area (Å²) in [6.07, 6.45) is 1.11. The van der Waals surface area contributed by atoms with Crippen LogP contribution in [0.15, 0.2) is 48.5 Å². The van der Waals surface area contributed by atoms with E-state index in [1.54, 1.807) is 0 Å². The number of fused-ring (bicyclic) bond motifs is 1. The van der Waals surface area contributed by atoms with E-state index in [2.05, 4.69) is 54.0 Å². The first-order valence-corrected chi connectivity index (χ1v) is 8.67. The Morgan fingerprint density at radius 3 is 2.64 bits per heavy atom. The molecule has 2 amide bonds. The zero-order chi connectivity index (χ0) is 16.5. The fourth-order valence-corrected chi connectivity index (χ4v) is 3.93. The van der Waals surface area contributed by atoms with Crippen molar-refractivity contribution in [3.8, 4) is 11.1 Å². The number of halogens is 1. The highest BCUT2D eigenvalue weighted by atomic mass is 35.5. The standard InChI is InChI=1S/C20H23N3O.ClH/c1-14-4-2-3-5-18(14)15-6-8-17(9-7-15)22-20(24)23-11-10-16-12-21-13-19(16)23;/h2-9,16,19,21H,10-13H2,1H3,(H,22,24);1H/t16-,19+;/m0./s1. The maximum atomic E-state index is 12.6. The molecule has 2 aromatic carbocycles. The zero-order valence-electron chi connectivity index (χ0n) is 14.4. The summed E-state index contributed by atoms with van der Waals surface area (Å²) in [5.74, 6) is 0.624. The molecule has 2 atom stereocenters. The molecular weight excluding hydrogens is 334 g/mol.